The van der Waals surface area contributed by atoms with Gasteiger partial charge >= 0.3 is 6.18 Å². The second-order valence-electron chi connectivity index (χ2n) is 5.91. The highest BCUT2D eigenvalue weighted by atomic mass is 19.4. The van der Waals surface area contributed by atoms with Gasteiger partial charge in [-0.2, -0.15) is 13.2 Å². The van der Waals surface area contributed by atoms with Crippen LogP contribution in [-0.4, -0.2) is 13.1 Å². The predicted molar refractivity (Wildman–Crippen MR) is 67.7 cm³/mol. The van der Waals surface area contributed by atoms with Gasteiger partial charge in [0.1, 0.15) is 0 Å². The summed E-state index contributed by atoms with van der Waals surface area (Å²) in [6.07, 6.45) is -0.864. The minimum Gasteiger partial charge on any atom is -0.316 e. The Morgan fingerprint density at radius 2 is 1.58 bits per heavy atom. The van der Waals surface area contributed by atoms with Crippen molar-refractivity contribution in [2.45, 2.75) is 25.4 Å². The maximum atomic E-state index is 12.5. The number of benzene rings is 1. The summed E-state index contributed by atoms with van der Waals surface area (Å²) in [6, 6.07) is 5.67. The maximum Gasteiger partial charge on any atom is 0.416 e. The Morgan fingerprint density at radius 1 is 1.00 bits per heavy atom. The third kappa shape index (κ3) is 2.78. The summed E-state index contributed by atoms with van der Waals surface area (Å²) >= 11 is 0. The second-order valence-corrected chi connectivity index (χ2v) is 5.91. The van der Waals surface area contributed by atoms with Gasteiger partial charge in [0.05, 0.1) is 5.56 Å². The molecule has 0 radical (unpaired) electrons. The van der Waals surface area contributed by atoms with Crippen LogP contribution < -0.4 is 5.32 Å². The predicted octanol–water partition coefficient (Wildman–Crippen LogP) is 3.49. The van der Waals surface area contributed by atoms with Crippen molar-refractivity contribution in [3.8, 4) is 0 Å². The lowest BCUT2D eigenvalue weighted by molar-refractivity contribution is -0.137. The fourth-order valence-corrected chi connectivity index (χ4v) is 3.62. The van der Waals surface area contributed by atoms with E-state index in [1.54, 1.807) is 12.1 Å². The van der Waals surface area contributed by atoms with Crippen LogP contribution in [0.5, 0.6) is 0 Å². The number of fused-ring (bicyclic) bond motifs is 1. The van der Waals surface area contributed by atoms with E-state index in [0.29, 0.717) is 5.92 Å². The molecule has 19 heavy (non-hydrogen) atoms. The molecule has 1 aliphatic carbocycles. The fraction of sp³-hybridized carbons (Fsp3) is 0.600. The Labute approximate surface area is 111 Å². The average Bonchev–Trinajstić information content (AvgIpc) is 2.89. The Kier molecular flexibility index (Phi) is 3.29. The summed E-state index contributed by atoms with van der Waals surface area (Å²) in [6.45, 7) is 2.24. The van der Waals surface area contributed by atoms with E-state index in [4.69, 9.17) is 0 Å². The van der Waals surface area contributed by atoms with Gasteiger partial charge in [0, 0.05) is 0 Å². The lowest BCUT2D eigenvalue weighted by Gasteiger charge is -2.12. The highest BCUT2D eigenvalue weighted by molar-refractivity contribution is 5.25. The first-order chi connectivity index (χ1) is 9.02. The van der Waals surface area contributed by atoms with Crippen molar-refractivity contribution in [1.29, 1.82) is 0 Å². The zero-order valence-electron chi connectivity index (χ0n) is 10.7. The first-order valence-electron chi connectivity index (χ1n) is 6.89. The van der Waals surface area contributed by atoms with Gasteiger partial charge in [0.15, 0.2) is 0 Å². The summed E-state index contributed by atoms with van der Waals surface area (Å²) < 4.78 is 37.4. The molecule has 104 valence electrons. The van der Waals surface area contributed by atoms with Crippen molar-refractivity contribution < 1.29 is 13.2 Å². The van der Waals surface area contributed by atoms with E-state index < -0.39 is 11.7 Å². The maximum absolute atomic E-state index is 12.5. The summed E-state index contributed by atoms with van der Waals surface area (Å²) in [5.74, 6) is 2.23. The van der Waals surface area contributed by atoms with E-state index in [1.165, 1.54) is 25.0 Å². The third-order valence-electron chi connectivity index (χ3n) is 4.56. The number of hydrogen-bond donors (Lipinski definition) is 1. The summed E-state index contributed by atoms with van der Waals surface area (Å²) in [7, 11) is 0. The van der Waals surface area contributed by atoms with Gasteiger partial charge in [-0.05, 0) is 67.8 Å². The SMILES string of the molecule is FC(F)(F)c1ccc(CC2CC3CNCC3C2)cc1. The molecular formula is C15H18F3N. The molecule has 1 aliphatic heterocycles. The van der Waals surface area contributed by atoms with E-state index in [2.05, 4.69) is 5.32 Å². The first kappa shape index (κ1) is 13.0. The Balaban J connectivity index is 1.62. The minimum atomic E-state index is -4.23. The van der Waals surface area contributed by atoms with Crippen LogP contribution in [0.15, 0.2) is 24.3 Å². The molecule has 2 unspecified atom stereocenters. The van der Waals surface area contributed by atoms with Crippen molar-refractivity contribution in [1.82, 2.24) is 5.32 Å². The van der Waals surface area contributed by atoms with Gasteiger partial charge in [-0.1, -0.05) is 12.1 Å². The van der Waals surface area contributed by atoms with Gasteiger partial charge in [-0.25, -0.2) is 0 Å². The number of alkyl halides is 3. The molecule has 1 nitrogen and oxygen atoms in total. The van der Waals surface area contributed by atoms with Gasteiger partial charge in [-0.15, -0.1) is 0 Å². The highest BCUT2D eigenvalue weighted by Gasteiger charge is 2.37. The Hall–Kier alpha value is -1.03. The fourth-order valence-electron chi connectivity index (χ4n) is 3.62. The number of halogens is 3. The van der Waals surface area contributed by atoms with Crippen molar-refractivity contribution >= 4 is 0 Å². The molecule has 1 saturated carbocycles. The smallest absolute Gasteiger partial charge is 0.316 e. The third-order valence-corrected chi connectivity index (χ3v) is 4.56. The monoisotopic (exact) mass is 269 g/mol. The van der Waals surface area contributed by atoms with Crippen molar-refractivity contribution in [3.05, 3.63) is 35.4 Å². The van der Waals surface area contributed by atoms with E-state index in [9.17, 15) is 13.2 Å². The van der Waals surface area contributed by atoms with Crippen LogP contribution in [0.4, 0.5) is 13.2 Å². The molecule has 2 fully saturated rings. The molecule has 3 rings (SSSR count). The van der Waals surface area contributed by atoms with Crippen LogP contribution >= 0.6 is 0 Å². The van der Waals surface area contributed by atoms with Gasteiger partial charge < -0.3 is 5.32 Å². The Bertz CT molecular complexity index is 426. The molecular weight excluding hydrogens is 251 g/mol. The molecule has 0 spiro atoms. The first-order valence-corrected chi connectivity index (χ1v) is 6.89. The molecule has 0 aromatic heterocycles. The van der Waals surface area contributed by atoms with Crippen LogP contribution in [-0.2, 0) is 12.6 Å². The zero-order valence-corrected chi connectivity index (χ0v) is 10.7. The molecule has 1 aromatic carbocycles. The minimum absolute atomic E-state index is 0.552. The van der Waals surface area contributed by atoms with Crippen molar-refractivity contribution in [3.63, 3.8) is 0 Å². The van der Waals surface area contributed by atoms with Crippen LogP contribution in [0.3, 0.4) is 0 Å². The largest absolute Gasteiger partial charge is 0.416 e. The highest BCUT2D eigenvalue weighted by Crippen LogP contribution is 2.40. The van der Waals surface area contributed by atoms with Gasteiger partial charge in [0.2, 0.25) is 0 Å². The summed E-state index contributed by atoms with van der Waals surface area (Å²) in [5, 5.41) is 3.41. The van der Waals surface area contributed by atoms with E-state index in [1.807, 2.05) is 0 Å². The van der Waals surface area contributed by atoms with Gasteiger partial charge in [0.25, 0.3) is 0 Å². The van der Waals surface area contributed by atoms with Crippen molar-refractivity contribution in [2.24, 2.45) is 17.8 Å². The van der Waals surface area contributed by atoms with E-state index >= 15 is 0 Å². The topological polar surface area (TPSA) is 12.0 Å². The standard InChI is InChI=1S/C15H18F3N/c16-15(17,18)14-3-1-10(2-4-14)5-11-6-12-8-19-9-13(12)7-11/h1-4,11-13,19H,5-9H2. The second kappa shape index (κ2) is 4.82. The van der Waals surface area contributed by atoms with Crippen LogP contribution in [0.2, 0.25) is 0 Å². The summed E-state index contributed by atoms with van der Waals surface area (Å²) in [4.78, 5) is 0. The van der Waals surface area contributed by atoms with E-state index in [-0.39, 0.29) is 0 Å². The molecule has 1 saturated heterocycles. The molecule has 4 heteroatoms. The normalized spacial score (nSPS) is 30.6. The zero-order chi connectivity index (χ0) is 13.5. The van der Waals surface area contributed by atoms with Crippen LogP contribution in [0.25, 0.3) is 0 Å². The molecule has 1 N–H and O–H groups in total. The van der Waals surface area contributed by atoms with Gasteiger partial charge in [-0.3, -0.25) is 0 Å². The lowest BCUT2D eigenvalue weighted by Crippen LogP contribution is -2.13. The van der Waals surface area contributed by atoms with Crippen LogP contribution in [0.1, 0.15) is 24.0 Å². The molecule has 2 aliphatic rings. The molecule has 0 amide bonds. The van der Waals surface area contributed by atoms with Crippen LogP contribution in [0, 0.1) is 17.8 Å². The summed E-state index contributed by atoms with van der Waals surface area (Å²) in [5.41, 5.74) is 0.481. The molecule has 1 heterocycles. The molecule has 0 bridgehead atoms. The Morgan fingerprint density at radius 3 is 2.11 bits per heavy atom. The average molecular weight is 269 g/mol. The quantitative estimate of drug-likeness (QED) is 0.866. The number of hydrogen-bond acceptors (Lipinski definition) is 1. The molecule has 1 aromatic rings. The molecule has 2 atom stereocenters. The lowest BCUT2D eigenvalue weighted by atomic mass is 9.96. The number of rotatable bonds is 2. The van der Waals surface area contributed by atoms with E-state index in [0.717, 1.165) is 36.9 Å². The van der Waals surface area contributed by atoms with Crippen molar-refractivity contribution in [2.75, 3.05) is 13.1 Å². The number of nitrogens with one attached hydrogen (secondary N) is 1.